The van der Waals surface area contributed by atoms with E-state index in [4.69, 9.17) is 4.74 Å². The second kappa shape index (κ2) is 9.12. The Hall–Kier alpha value is -4.51. The van der Waals surface area contributed by atoms with E-state index in [1.54, 1.807) is 12.1 Å². The van der Waals surface area contributed by atoms with Gasteiger partial charge in [-0.25, -0.2) is 0 Å². The molecule has 8 heteroatoms. The van der Waals surface area contributed by atoms with Crippen LogP contribution >= 0.6 is 0 Å². The summed E-state index contributed by atoms with van der Waals surface area (Å²) in [4.78, 5) is 21.3. The standard InChI is InChI=1S/C22H15N3O5/c23-14-19(18-7-4-8-20(13-18)24(26)27)11-17-9-10-22(21(12-17)25(28)29)30-15-16-5-2-1-3-6-16/h1-13H,15H2. The molecule has 30 heavy (non-hydrogen) atoms. The summed E-state index contributed by atoms with van der Waals surface area (Å²) < 4.78 is 5.60. The summed E-state index contributed by atoms with van der Waals surface area (Å²) in [5, 5.41) is 31.9. The zero-order valence-corrected chi connectivity index (χ0v) is 15.6. The van der Waals surface area contributed by atoms with E-state index in [1.807, 2.05) is 36.4 Å². The van der Waals surface area contributed by atoms with E-state index in [-0.39, 0.29) is 29.3 Å². The number of nitro benzene ring substituents is 2. The van der Waals surface area contributed by atoms with Crippen molar-refractivity contribution in [3.05, 3.63) is 110 Å². The van der Waals surface area contributed by atoms with Crippen molar-refractivity contribution >= 4 is 23.0 Å². The minimum Gasteiger partial charge on any atom is -0.482 e. The fraction of sp³-hybridized carbons (Fsp3) is 0.0455. The van der Waals surface area contributed by atoms with Gasteiger partial charge in [0.1, 0.15) is 6.61 Å². The first-order chi connectivity index (χ1) is 14.5. The summed E-state index contributed by atoms with van der Waals surface area (Å²) in [5.74, 6) is 0.106. The zero-order valence-electron chi connectivity index (χ0n) is 15.6. The highest BCUT2D eigenvalue weighted by atomic mass is 16.6. The van der Waals surface area contributed by atoms with Gasteiger partial charge in [0.2, 0.25) is 0 Å². The third kappa shape index (κ3) is 4.85. The van der Waals surface area contributed by atoms with Gasteiger partial charge in [0.05, 0.1) is 21.5 Å². The van der Waals surface area contributed by atoms with Crippen LogP contribution in [0.25, 0.3) is 11.6 Å². The van der Waals surface area contributed by atoms with Crippen molar-refractivity contribution in [2.45, 2.75) is 6.61 Å². The van der Waals surface area contributed by atoms with Crippen molar-refractivity contribution in [1.29, 1.82) is 5.26 Å². The van der Waals surface area contributed by atoms with Gasteiger partial charge in [0.25, 0.3) is 5.69 Å². The number of nitro groups is 2. The Bertz CT molecular complexity index is 1170. The Morgan fingerprint density at radius 3 is 2.40 bits per heavy atom. The van der Waals surface area contributed by atoms with Crippen molar-refractivity contribution < 1.29 is 14.6 Å². The van der Waals surface area contributed by atoms with Crippen LogP contribution in [0.3, 0.4) is 0 Å². The maximum Gasteiger partial charge on any atom is 0.311 e. The molecule has 0 saturated heterocycles. The van der Waals surface area contributed by atoms with Crippen LogP contribution in [0, 0.1) is 31.6 Å². The topological polar surface area (TPSA) is 119 Å². The number of benzene rings is 3. The molecular formula is C22H15N3O5. The molecular weight excluding hydrogens is 386 g/mol. The summed E-state index contributed by atoms with van der Waals surface area (Å²) in [5.41, 5.74) is 1.37. The van der Waals surface area contributed by atoms with E-state index >= 15 is 0 Å². The summed E-state index contributed by atoms with van der Waals surface area (Å²) in [6.45, 7) is 0.175. The molecule has 0 aliphatic carbocycles. The molecule has 8 nitrogen and oxygen atoms in total. The fourth-order valence-corrected chi connectivity index (χ4v) is 2.76. The number of allylic oxidation sites excluding steroid dienone is 1. The Morgan fingerprint density at radius 2 is 1.73 bits per heavy atom. The quantitative estimate of drug-likeness (QED) is 0.234. The van der Waals surface area contributed by atoms with Crippen LogP contribution in [-0.2, 0) is 6.61 Å². The Morgan fingerprint density at radius 1 is 0.967 bits per heavy atom. The Kier molecular flexibility index (Phi) is 6.15. The van der Waals surface area contributed by atoms with Crippen LogP contribution in [0.2, 0.25) is 0 Å². The smallest absolute Gasteiger partial charge is 0.311 e. The molecule has 0 heterocycles. The average molecular weight is 401 g/mol. The van der Waals surface area contributed by atoms with Crippen LogP contribution in [0.5, 0.6) is 5.75 Å². The number of nitrogens with zero attached hydrogens (tertiary/aromatic N) is 3. The van der Waals surface area contributed by atoms with Gasteiger partial charge >= 0.3 is 5.69 Å². The van der Waals surface area contributed by atoms with E-state index in [9.17, 15) is 25.5 Å². The molecule has 0 radical (unpaired) electrons. The molecule has 148 valence electrons. The van der Waals surface area contributed by atoms with Gasteiger partial charge < -0.3 is 4.74 Å². The monoisotopic (exact) mass is 401 g/mol. The number of nitriles is 1. The van der Waals surface area contributed by atoms with Gasteiger partial charge in [-0.1, -0.05) is 48.5 Å². The molecule has 0 spiro atoms. The van der Waals surface area contributed by atoms with Gasteiger partial charge in [-0.05, 0) is 28.8 Å². The highest BCUT2D eigenvalue weighted by Gasteiger charge is 2.16. The predicted molar refractivity (Wildman–Crippen MR) is 110 cm³/mol. The molecule has 0 atom stereocenters. The van der Waals surface area contributed by atoms with Crippen molar-refractivity contribution in [2.24, 2.45) is 0 Å². The molecule has 0 fully saturated rings. The first-order valence-corrected chi connectivity index (χ1v) is 8.79. The predicted octanol–water partition coefficient (Wildman–Crippen LogP) is 5.15. The van der Waals surface area contributed by atoms with E-state index in [0.717, 1.165) is 5.56 Å². The van der Waals surface area contributed by atoms with Crippen LogP contribution in [-0.4, -0.2) is 9.85 Å². The van der Waals surface area contributed by atoms with Crippen LogP contribution in [0.4, 0.5) is 11.4 Å². The maximum atomic E-state index is 11.5. The lowest BCUT2D eigenvalue weighted by molar-refractivity contribution is -0.386. The normalized spacial score (nSPS) is 10.8. The summed E-state index contributed by atoms with van der Waals surface area (Å²) in [6, 6.07) is 21.2. The Balaban J connectivity index is 1.91. The molecule has 0 unspecified atom stereocenters. The van der Waals surface area contributed by atoms with E-state index in [0.29, 0.717) is 11.1 Å². The maximum absolute atomic E-state index is 11.5. The molecule has 3 aromatic rings. The minimum absolute atomic E-state index is 0.106. The van der Waals surface area contributed by atoms with Gasteiger partial charge in [-0.15, -0.1) is 0 Å². The third-order valence-electron chi connectivity index (χ3n) is 4.22. The van der Waals surface area contributed by atoms with E-state index in [1.165, 1.54) is 36.4 Å². The summed E-state index contributed by atoms with van der Waals surface area (Å²) in [7, 11) is 0. The minimum atomic E-state index is -0.558. The second-order valence-corrected chi connectivity index (χ2v) is 6.24. The Labute approximate surface area is 171 Å². The zero-order chi connectivity index (χ0) is 21.5. The number of hydrogen-bond donors (Lipinski definition) is 0. The first kappa shape index (κ1) is 20.2. The lowest BCUT2D eigenvalue weighted by Crippen LogP contribution is -1.99. The molecule has 0 aliphatic heterocycles. The van der Waals surface area contributed by atoms with Crippen molar-refractivity contribution in [1.82, 2.24) is 0 Å². The number of non-ortho nitro benzene ring substituents is 1. The average Bonchev–Trinajstić information content (AvgIpc) is 2.77. The number of hydrogen-bond acceptors (Lipinski definition) is 6. The molecule has 3 aromatic carbocycles. The molecule has 0 aromatic heterocycles. The summed E-state index contributed by atoms with van der Waals surface area (Å²) >= 11 is 0. The highest BCUT2D eigenvalue weighted by Crippen LogP contribution is 2.31. The third-order valence-corrected chi connectivity index (χ3v) is 4.22. The van der Waals surface area contributed by atoms with E-state index < -0.39 is 9.85 Å². The van der Waals surface area contributed by atoms with Crippen molar-refractivity contribution in [2.75, 3.05) is 0 Å². The van der Waals surface area contributed by atoms with Gasteiger partial charge in [-0.2, -0.15) is 5.26 Å². The molecule has 0 bridgehead atoms. The van der Waals surface area contributed by atoms with Gasteiger partial charge in [0.15, 0.2) is 5.75 Å². The largest absolute Gasteiger partial charge is 0.482 e. The summed E-state index contributed by atoms with van der Waals surface area (Å²) in [6.07, 6.45) is 1.44. The second-order valence-electron chi connectivity index (χ2n) is 6.24. The van der Waals surface area contributed by atoms with Crippen LogP contribution in [0.1, 0.15) is 16.7 Å². The molecule has 0 aliphatic rings. The van der Waals surface area contributed by atoms with Crippen molar-refractivity contribution in [3.8, 4) is 11.8 Å². The molecule has 3 rings (SSSR count). The van der Waals surface area contributed by atoms with Gasteiger partial charge in [0, 0.05) is 18.2 Å². The molecule has 0 N–H and O–H groups in total. The van der Waals surface area contributed by atoms with Crippen LogP contribution in [0.15, 0.2) is 72.8 Å². The lowest BCUT2D eigenvalue weighted by Gasteiger charge is -2.08. The van der Waals surface area contributed by atoms with Crippen molar-refractivity contribution in [3.63, 3.8) is 0 Å². The highest BCUT2D eigenvalue weighted by molar-refractivity contribution is 5.90. The number of rotatable bonds is 7. The molecule has 0 amide bonds. The van der Waals surface area contributed by atoms with E-state index in [2.05, 4.69) is 0 Å². The van der Waals surface area contributed by atoms with Gasteiger partial charge in [-0.3, -0.25) is 20.2 Å². The molecule has 0 saturated carbocycles. The SMILES string of the molecule is N#CC(=Cc1ccc(OCc2ccccc2)c([N+](=O)[O-])c1)c1cccc([N+](=O)[O-])c1. The van der Waals surface area contributed by atoms with Crippen LogP contribution < -0.4 is 4.74 Å². The first-order valence-electron chi connectivity index (χ1n) is 8.79. The lowest BCUT2D eigenvalue weighted by atomic mass is 10.0. The number of ether oxygens (including phenoxy) is 1. The fourth-order valence-electron chi connectivity index (χ4n) is 2.76.